The van der Waals surface area contributed by atoms with Gasteiger partial charge in [0.1, 0.15) is 5.75 Å². The molecule has 4 N–H and O–H groups in total. The molecule has 4 heteroatoms. The van der Waals surface area contributed by atoms with Crippen LogP contribution in [0.25, 0.3) is 6.08 Å². The van der Waals surface area contributed by atoms with Gasteiger partial charge in [-0.2, -0.15) is 0 Å². The molecule has 18 heavy (non-hydrogen) atoms. The number of nitrogens with two attached hydrogens (primary N) is 1. The van der Waals surface area contributed by atoms with Crippen molar-refractivity contribution in [2.24, 2.45) is 5.73 Å². The van der Waals surface area contributed by atoms with Crippen LogP contribution in [0.2, 0.25) is 0 Å². The predicted molar refractivity (Wildman–Crippen MR) is 68.9 cm³/mol. The molecular formula is C14H13NO3. The molecule has 0 heterocycles. The summed E-state index contributed by atoms with van der Waals surface area (Å²) in [7, 11) is 0. The number of allylic oxidation sites excluding steroid dienone is 2. The van der Waals surface area contributed by atoms with Crippen molar-refractivity contribution in [3.8, 4) is 5.75 Å². The number of hydrogen-bond donors (Lipinski definition) is 3. The first-order chi connectivity index (χ1) is 8.59. The third-order valence-corrected chi connectivity index (χ3v) is 2.76. The van der Waals surface area contributed by atoms with Gasteiger partial charge >= 0.3 is 5.97 Å². The first-order valence-electron chi connectivity index (χ1n) is 5.46. The van der Waals surface area contributed by atoms with E-state index in [1.165, 1.54) is 6.08 Å². The van der Waals surface area contributed by atoms with Gasteiger partial charge in [0.15, 0.2) is 0 Å². The van der Waals surface area contributed by atoms with Crippen LogP contribution in [0.15, 0.2) is 53.6 Å². The maximum Gasteiger partial charge on any atom is 0.333 e. The smallest absolute Gasteiger partial charge is 0.333 e. The summed E-state index contributed by atoms with van der Waals surface area (Å²) >= 11 is 0. The number of carboxylic acids is 1. The molecule has 1 aromatic carbocycles. The maximum absolute atomic E-state index is 11.0. The van der Waals surface area contributed by atoms with Gasteiger partial charge in [-0.1, -0.05) is 30.4 Å². The molecule has 1 unspecified atom stereocenters. The lowest BCUT2D eigenvalue weighted by Crippen LogP contribution is -2.30. The normalized spacial score (nSPS) is 20.8. The van der Waals surface area contributed by atoms with Gasteiger partial charge in [-0.25, -0.2) is 4.79 Å². The van der Waals surface area contributed by atoms with Crippen LogP contribution in [-0.2, 0) is 4.79 Å². The van der Waals surface area contributed by atoms with Crippen molar-refractivity contribution < 1.29 is 15.0 Å². The van der Waals surface area contributed by atoms with Crippen LogP contribution in [0.1, 0.15) is 5.56 Å². The molecule has 1 atom stereocenters. The number of carboxylic acid groups (broad SMARTS) is 1. The Kier molecular flexibility index (Phi) is 3.30. The second-order valence-electron chi connectivity index (χ2n) is 3.97. The summed E-state index contributed by atoms with van der Waals surface area (Å²) in [5, 5.41) is 18.7. The van der Waals surface area contributed by atoms with Gasteiger partial charge in [0.2, 0.25) is 0 Å². The third kappa shape index (κ3) is 2.33. The summed E-state index contributed by atoms with van der Waals surface area (Å²) in [5.74, 6) is -0.896. The van der Waals surface area contributed by atoms with E-state index in [0.29, 0.717) is 11.1 Å². The molecule has 0 spiro atoms. The van der Waals surface area contributed by atoms with E-state index >= 15 is 0 Å². The molecule has 0 radical (unpaired) electrons. The van der Waals surface area contributed by atoms with Gasteiger partial charge in [0.05, 0.1) is 11.6 Å². The highest BCUT2D eigenvalue weighted by Crippen LogP contribution is 2.24. The van der Waals surface area contributed by atoms with Crippen LogP contribution in [0.3, 0.4) is 0 Å². The van der Waals surface area contributed by atoms with Gasteiger partial charge in [-0.15, -0.1) is 0 Å². The number of phenolic OH excluding ortho intramolecular Hbond substituents is 1. The Hall–Kier alpha value is -2.33. The molecule has 0 saturated carbocycles. The van der Waals surface area contributed by atoms with E-state index in [-0.39, 0.29) is 11.3 Å². The maximum atomic E-state index is 11.0. The number of rotatable bonds is 2. The SMILES string of the molecule is NC1C(=Cc2ccccc2O)C=CC=C1C(=O)O. The molecule has 1 aliphatic carbocycles. The highest BCUT2D eigenvalue weighted by molar-refractivity contribution is 5.90. The lowest BCUT2D eigenvalue weighted by Gasteiger charge is -2.17. The van der Waals surface area contributed by atoms with Crippen molar-refractivity contribution in [1.82, 2.24) is 0 Å². The van der Waals surface area contributed by atoms with Crippen LogP contribution < -0.4 is 5.73 Å². The molecule has 0 aromatic heterocycles. The molecule has 2 rings (SSSR count). The Bertz CT molecular complexity index is 570. The van der Waals surface area contributed by atoms with E-state index < -0.39 is 12.0 Å². The van der Waals surface area contributed by atoms with Gasteiger partial charge in [0, 0.05) is 5.56 Å². The minimum Gasteiger partial charge on any atom is -0.507 e. The van der Waals surface area contributed by atoms with Crippen molar-refractivity contribution in [3.63, 3.8) is 0 Å². The minimum absolute atomic E-state index is 0.136. The van der Waals surface area contributed by atoms with E-state index in [9.17, 15) is 9.90 Å². The zero-order chi connectivity index (χ0) is 13.1. The van der Waals surface area contributed by atoms with Crippen LogP contribution in [-0.4, -0.2) is 22.2 Å². The molecule has 0 bridgehead atoms. The summed E-state index contributed by atoms with van der Waals surface area (Å²) in [6.45, 7) is 0. The molecular weight excluding hydrogens is 230 g/mol. The van der Waals surface area contributed by atoms with Crippen molar-refractivity contribution in [3.05, 3.63) is 59.2 Å². The molecule has 0 saturated heterocycles. The Morgan fingerprint density at radius 2 is 2.06 bits per heavy atom. The summed E-state index contributed by atoms with van der Waals surface area (Å²) in [4.78, 5) is 11.0. The molecule has 4 nitrogen and oxygen atoms in total. The van der Waals surface area contributed by atoms with E-state index in [1.807, 2.05) is 0 Å². The lowest BCUT2D eigenvalue weighted by atomic mass is 9.93. The van der Waals surface area contributed by atoms with Crippen LogP contribution in [0, 0.1) is 0 Å². The predicted octanol–water partition coefficient (Wildman–Crippen LogP) is 1.68. The second kappa shape index (κ2) is 4.89. The van der Waals surface area contributed by atoms with Gasteiger partial charge < -0.3 is 15.9 Å². The third-order valence-electron chi connectivity index (χ3n) is 2.76. The highest BCUT2D eigenvalue weighted by Gasteiger charge is 2.21. The largest absolute Gasteiger partial charge is 0.507 e. The summed E-state index contributed by atoms with van der Waals surface area (Å²) in [6.07, 6.45) is 6.55. The lowest BCUT2D eigenvalue weighted by molar-refractivity contribution is -0.132. The fourth-order valence-electron chi connectivity index (χ4n) is 1.78. The van der Waals surface area contributed by atoms with E-state index in [1.54, 1.807) is 42.5 Å². The van der Waals surface area contributed by atoms with Gasteiger partial charge in [-0.3, -0.25) is 0 Å². The number of aromatic hydroxyl groups is 1. The zero-order valence-corrected chi connectivity index (χ0v) is 9.58. The van der Waals surface area contributed by atoms with Crippen molar-refractivity contribution >= 4 is 12.0 Å². The van der Waals surface area contributed by atoms with Gasteiger partial charge in [0.25, 0.3) is 0 Å². The number of benzene rings is 1. The molecule has 1 aromatic rings. The first-order valence-corrected chi connectivity index (χ1v) is 5.46. The molecule has 0 fully saturated rings. The molecule has 92 valence electrons. The Balaban J connectivity index is 2.37. The van der Waals surface area contributed by atoms with Crippen molar-refractivity contribution in [2.75, 3.05) is 0 Å². The molecule has 0 aliphatic heterocycles. The Morgan fingerprint density at radius 3 is 2.72 bits per heavy atom. The Labute approximate surface area is 104 Å². The number of carbonyl (C=O) groups is 1. The first kappa shape index (κ1) is 12.1. The topological polar surface area (TPSA) is 83.5 Å². The quantitative estimate of drug-likeness (QED) is 0.738. The number of phenols is 1. The minimum atomic E-state index is -1.03. The van der Waals surface area contributed by atoms with E-state index in [2.05, 4.69) is 0 Å². The standard InChI is InChI=1S/C14H13NO3/c15-13-10(5-3-6-11(13)14(17)18)8-9-4-1-2-7-12(9)16/h1-8,13,16H,15H2,(H,17,18). The van der Waals surface area contributed by atoms with Crippen molar-refractivity contribution in [2.45, 2.75) is 6.04 Å². The van der Waals surface area contributed by atoms with Crippen LogP contribution in [0.4, 0.5) is 0 Å². The average molecular weight is 243 g/mol. The van der Waals surface area contributed by atoms with E-state index in [4.69, 9.17) is 10.8 Å². The highest BCUT2D eigenvalue weighted by atomic mass is 16.4. The number of aliphatic carboxylic acids is 1. The number of para-hydroxylation sites is 1. The van der Waals surface area contributed by atoms with Crippen molar-refractivity contribution in [1.29, 1.82) is 0 Å². The summed E-state index contributed by atoms with van der Waals surface area (Å²) in [6, 6.07) is 6.13. The van der Waals surface area contributed by atoms with Crippen LogP contribution in [0.5, 0.6) is 5.75 Å². The summed E-state index contributed by atoms with van der Waals surface area (Å²) < 4.78 is 0. The number of hydrogen-bond acceptors (Lipinski definition) is 3. The molecule has 1 aliphatic rings. The Morgan fingerprint density at radius 1 is 1.33 bits per heavy atom. The fraction of sp³-hybridized carbons (Fsp3) is 0.0714. The summed E-state index contributed by atoms with van der Waals surface area (Å²) in [5.41, 5.74) is 7.27. The second-order valence-corrected chi connectivity index (χ2v) is 3.97. The monoisotopic (exact) mass is 243 g/mol. The van der Waals surface area contributed by atoms with E-state index in [0.717, 1.165) is 0 Å². The van der Waals surface area contributed by atoms with Gasteiger partial charge in [-0.05, 0) is 23.8 Å². The zero-order valence-electron chi connectivity index (χ0n) is 9.58. The van der Waals surface area contributed by atoms with Crippen LogP contribution >= 0.6 is 0 Å². The molecule has 0 amide bonds. The fourth-order valence-corrected chi connectivity index (χ4v) is 1.78. The average Bonchev–Trinajstić information content (AvgIpc) is 2.34.